The van der Waals surface area contributed by atoms with Crippen molar-refractivity contribution < 1.29 is 42.9 Å². The van der Waals surface area contributed by atoms with Crippen molar-refractivity contribution in [3.05, 3.63) is 24.3 Å². The van der Waals surface area contributed by atoms with Crippen LogP contribution in [0.15, 0.2) is 24.3 Å². The predicted octanol–water partition coefficient (Wildman–Crippen LogP) is 17.1. The number of carbonyl (C=O) groups is 3. The molecule has 0 bridgehead atoms. The van der Waals surface area contributed by atoms with Crippen molar-refractivity contribution in [3.63, 3.8) is 0 Å². The van der Waals surface area contributed by atoms with Gasteiger partial charge in [0.15, 0.2) is 6.10 Å². The quantitative estimate of drug-likeness (QED) is 0.0211. The molecule has 0 aliphatic rings. The second-order valence-corrected chi connectivity index (χ2v) is 21.3. The zero-order valence-corrected chi connectivity index (χ0v) is 46.2. The van der Waals surface area contributed by atoms with Gasteiger partial charge in [-0.1, -0.05) is 250 Å². The van der Waals surface area contributed by atoms with Crippen LogP contribution in [0.5, 0.6) is 0 Å². The molecule has 9 heteroatoms. The fourth-order valence-corrected chi connectivity index (χ4v) is 8.63. The largest absolute Gasteiger partial charge is 0.477 e. The minimum absolute atomic E-state index is 0.175. The standard InChI is InChI=1S/C60H113NO8/c1-6-8-10-12-14-16-18-20-22-23-24-25-26-27-28-29-30-31-32-33-34-35-37-39-41-43-45-47-49-51-58(63)69-56(55-68-60(59(64)65)66-53-52-61(3,4)5)54-67-57(62)50-48-46-44-42-40-38-36-21-19-17-15-13-11-9-7-2/h18,20,23-24,56,60H,6-17,19,21-22,25-55H2,1-5H3/p+1/b20-18-,24-23-. The maximum absolute atomic E-state index is 12.9. The SMILES string of the molecule is CCCCCCC/C=C\C/C=C\CCCCCCCCCCCCCCCCCCCC(=O)OC(COC(=O)CCCCCCCCCCCCCCCCC)COC(OCC[N+](C)(C)C)C(=O)O. The Bertz CT molecular complexity index is 1180. The van der Waals surface area contributed by atoms with E-state index in [0.29, 0.717) is 17.4 Å². The van der Waals surface area contributed by atoms with Crippen LogP contribution >= 0.6 is 0 Å². The zero-order chi connectivity index (χ0) is 50.6. The van der Waals surface area contributed by atoms with E-state index in [2.05, 4.69) is 38.2 Å². The van der Waals surface area contributed by atoms with E-state index >= 15 is 0 Å². The summed E-state index contributed by atoms with van der Waals surface area (Å²) >= 11 is 0. The van der Waals surface area contributed by atoms with Crippen molar-refractivity contribution in [3.8, 4) is 0 Å². The number of nitrogens with zero attached hydrogens (tertiary/aromatic N) is 1. The minimum Gasteiger partial charge on any atom is -0.477 e. The Labute approximate surface area is 427 Å². The molecule has 2 unspecified atom stereocenters. The van der Waals surface area contributed by atoms with Crippen molar-refractivity contribution >= 4 is 17.9 Å². The molecule has 0 amide bonds. The van der Waals surface area contributed by atoms with Gasteiger partial charge in [0.2, 0.25) is 0 Å². The number of unbranched alkanes of at least 4 members (excludes halogenated alkanes) is 36. The van der Waals surface area contributed by atoms with Gasteiger partial charge in [-0.05, 0) is 44.9 Å². The van der Waals surface area contributed by atoms with Crippen LogP contribution in [-0.2, 0) is 33.3 Å². The molecule has 0 aliphatic heterocycles. The molecule has 0 spiro atoms. The average Bonchev–Trinajstić information content (AvgIpc) is 3.31. The van der Waals surface area contributed by atoms with Crippen LogP contribution < -0.4 is 0 Å². The van der Waals surface area contributed by atoms with E-state index in [9.17, 15) is 19.5 Å². The number of allylic oxidation sites excluding steroid dienone is 4. The van der Waals surface area contributed by atoms with Gasteiger partial charge in [0, 0.05) is 12.8 Å². The summed E-state index contributed by atoms with van der Waals surface area (Å²) in [5.41, 5.74) is 0. The van der Waals surface area contributed by atoms with Gasteiger partial charge >= 0.3 is 17.9 Å². The maximum atomic E-state index is 12.9. The fraction of sp³-hybridized carbons (Fsp3) is 0.883. The van der Waals surface area contributed by atoms with Gasteiger partial charge in [-0.3, -0.25) is 9.59 Å². The highest BCUT2D eigenvalue weighted by molar-refractivity contribution is 5.71. The highest BCUT2D eigenvalue weighted by atomic mass is 16.7. The molecule has 69 heavy (non-hydrogen) atoms. The summed E-state index contributed by atoms with van der Waals surface area (Å²) in [5, 5.41) is 9.69. The van der Waals surface area contributed by atoms with Crippen LogP contribution in [0.4, 0.5) is 0 Å². The van der Waals surface area contributed by atoms with E-state index in [1.807, 2.05) is 21.1 Å². The van der Waals surface area contributed by atoms with Gasteiger partial charge < -0.3 is 28.5 Å². The van der Waals surface area contributed by atoms with E-state index in [1.54, 1.807) is 0 Å². The normalized spacial score (nSPS) is 12.9. The third-order valence-electron chi connectivity index (χ3n) is 13.2. The monoisotopic (exact) mass is 977 g/mol. The number of carbonyl (C=O) groups excluding carboxylic acids is 2. The maximum Gasteiger partial charge on any atom is 0.361 e. The van der Waals surface area contributed by atoms with Gasteiger partial charge in [0.25, 0.3) is 6.29 Å². The van der Waals surface area contributed by atoms with Gasteiger partial charge in [0.05, 0.1) is 34.4 Å². The Morgan fingerprint density at radius 3 is 1.14 bits per heavy atom. The van der Waals surface area contributed by atoms with E-state index < -0.39 is 18.4 Å². The lowest BCUT2D eigenvalue weighted by molar-refractivity contribution is -0.870. The number of carboxylic acid groups (broad SMARTS) is 1. The number of quaternary nitrogens is 1. The Kier molecular flexibility index (Phi) is 50.4. The molecule has 0 radical (unpaired) electrons. The number of aliphatic carboxylic acids is 1. The Balaban J connectivity index is 4.13. The number of esters is 2. The molecule has 0 saturated heterocycles. The van der Waals surface area contributed by atoms with Gasteiger partial charge in [0.1, 0.15) is 13.2 Å². The number of ether oxygens (including phenoxy) is 4. The topological polar surface area (TPSA) is 108 Å². The first-order chi connectivity index (χ1) is 33.6. The summed E-state index contributed by atoms with van der Waals surface area (Å²) in [5.74, 6) is -1.98. The number of carboxylic acids is 1. The molecule has 9 nitrogen and oxygen atoms in total. The molecule has 0 aromatic heterocycles. The Morgan fingerprint density at radius 2 is 0.783 bits per heavy atom. The first-order valence-corrected chi connectivity index (χ1v) is 29.5. The van der Waals surface area contributed by atoms with E-state index in [-0.39, 0.29) is 38.2 Å². The molecule has 1 N–H and O–H groups in total. The molecule has 0 aromatic carbocycles. The van der Waals surface area contributed by atoms with Crippen molar-refractivity contribution in [2.75, 3.05) is 47.5 Å². The van der Waals surface area contributed by atoms with E-state index in [1.165, 1.54) is 212 Å². The minimum atomic E-state index is -1.51. The summed E-state index contributed by atoms with van der Waals surface area (Å²) < 4.78 is 22.9. The molecule has 2 atom stereocenters. The highest BCUT2D eigenvalue weighted by Gasteiger charge is 2.25. The molecule has 0 heterocycles. The molecule has 0 aliphatic carbocycles. The van der Waals surface area contributed by atoms with E-state index in [4.69, 9.17) is 18.9 Å². The van der Waals surface area contributed by atoms with Crippen LogP contribution in [-0.4, -0.2) is 87.4 Å². The van der Waals surface area contributed by atoms with Gasteiger partial charge in [-0.25, -0.2) is 4.79 Å². The van der Waals surface area contributed by atoms with Crippen LogP contribution in [0.2, 0.25) is 0 Å². The van der Waals surface area contributed by atoms with Crippen molar-refractivity contribution in [1.29, 1.82) is 0 Å². The number of likely N-dealkylation sites (N-methyl/N-ethyl adjacent to an activating group) is 1. The Morgan fingerprint density at radius 1 is 0.435 bits per heavy atom. The lowest BCUT2D eigenvalue weighted by atomic mass is 10.0. The first-order valence-electron chi connectivity index (χ1n) is 29.5. The number of hydrogen-bond donors (Lipinski definition) is 1. The zero-order valence-electron chi connectivity index (χ0n) is 46.2. The lowest BCUT2D eigenvalue weighted by Gasteiger charge is -2.25. The predicted molar refractivity (Wildman–Crippen MR) is 291 cm³/mol. The van der Waals surface area contributed by atoms with Crippen LogP contribution in [0.1, 0.15) is 284 Å². The molecule has 406 valence electrons. The van der Waals surface area contributed by atoms with Crippen molar-refractivity contribution in [2.45, 2.75) is 296 Å². The molecule has 0 aromatic rings. The smallest absolute Gasteiger partial charge is 0.361 e. The Hall–Kier alpha value is -2.23. The molecule has 0 fully saturated rings. The molecular formula is C60H114NO8+. The second-order valence-electron chi connectivity index (χ2n) is 21.3. The first kappa shape index (κ1) is 66.8. The lowest BCUT2D eigenvalue weighted by Crippen LogP contribution is -2.40. The van der Waals surface area contributed by atoms with Crippen molar-refractivity contribution in [2.24, 2.45) is 0 Å². The third-order valence-corrected chi connectivity index (χ3v) is 13.2. The van der Waals surface area contributed by atoms with Crippen LogP contribution in [0, 0.1) is 0 Å². The average molecular weight is 978 g/mol. The molecule has 0 saturated carbocycles. The summed E-state index contributed by atoms with van der Waals surface area (Å²) in [6, 6.07) is 0. The van der Waals surface area contributed by atoms with Crippen LogP contribution in [0.3, 0.4) is 0 Å². The summed E-state index contributed by atoms with van der Waals surface area (Å²) in [6.07, 6.45) is 58.3. The van der Waals surface area contributed by atoms with Gasteiger partial charge in [-0.15, -0.1) is 0 Å². The summed E-state index contributed by atoms with van der Waals surface area (Å²) in [7, 11) is 5.98. The molecular weight excluding hydrogens is 863 g/mol. The van der Waals surface area contributed by atoms with Gasteiger partial charge in [-0.2, -0.15) is 0 Å². The van der Waals surface area contributed by atoms with E-state index in [0.717, 1.165) is 44.9 Å². The number of hydrogen-bond acceptors (Lipinski definition) is 7. The summed E-state index contributed by atoms with van der Waals surface area (Å²) in [4.78, 5) is 37.4. The fourth-order valence-electron chi connectivity index (χ4n) is 8.63. The summed E-state index contributed by atoms with van der Waals surface area (Å²) in [6.45, 7) is 4.91. The molecule has 0 rings (SSSR count). The van der Waals surface area contributed by atoms with Crippen LogP contribution in [0.25, 0.3) is 0 Å². The second kappa shape index (κ2) is 52.1. The number of rotatable bonds is 55. The highest BCUT2D eigenvalue weighted by Crippen LogP contribution is 2.17. The van der Waals surface area contributed by atoms with Crippen molar-refractivity contribution in [1.82, 2.24) is 0 Å². The third kappa shape index (κ3) is 53.4.